The third-order valence-corrected chi connectivity index (χ3v) is 5.12. The molecule has 178 valence electrons. The molecule has 2 N–H and O–H groups in total. The molecule has 2 heterocycles. The molecule has 0 saturated carbocycles. The highest BCUT2D eigenvalue weighted by Crippen LogP contribution is 2.25. The van der Waals surface area contributed by atoms with E-state index < -0.39 is 30.4 Å². The third kappa shape index (κ3) is 5.83. The fourth-order valence-electron chi connectivity index (χ4n) is 3.28. The quantitative estimate of drug-likeness (QED) is 0.378. The summed E-state index contributed by atoms with van der Waals surface area (Å²) in [6, 6.07) is 21.1. The van der Waals surface area contributed by atoms with E-state index in [1.54, 1.807) is 16.8 Å². The second-order valence-electron chi connectivity index (χ2n) is 7.86. The van der Waals surface area contributed by atoms with Gasteiger partial charge >= 0.3 is 5.97 Å². The molecule has 0 aliphatic rings. The van der Waals surface area contributed by atoms with Crippen molar-refractivity contribution in [1.82, 2.24) is 15.1 Å². The van der Waals surface area contributed by atoms with Crippen LogP contribution < -0.4 is 10.6 Å². The van der Waals surface area contributed by atoms with Crippen LogP contribution in [0.15, 0.2) is 83.5 Å². The Morgan fingerprint density at radius 1 is 1.03 bits per heavy atom. The lowest BCUT2D eigenvalue weighted by Gasteiger charge is -2.13. The van der Waals surface area contributed by atoms with E-state index in [0.717, 1.165) is 16.8 Å². The van der Waals surface area contributed by atoms with Crippen molar-refractivity contribution in [2.75, 3.05) is 11.9 Å². The van der Waals surface area contributed by atoms with Crippen LogP contribution in [0.4, 0.5) is 5.82 Å². The van der Waals surface area contributed by atoms with Crippen LogP contribution >= 0.6 is 0 Å². The Morgan fingerprint density at radius 2 is 1.77 bits per heavy atom. The van der Waals surface area contributed by atoms with Gasteiger partial charge in [0.2, 0.25) is 0 Å². The molecule has 1 atom stereocenters. The van der Waals surface area contributed by atoms with Gasteiger partial charge in [-0.1, -0.05) is 48.0 Å². The Hall–Kier alpha value is -4.66. The molecule has 1 unspecified atom stereocenters. The number of furan rings is 1. The highest BCUT2D eigenvalue weighted by molar-refractivity contribution is 5.96. The number of para-hydroxylation sites is 1. The van der Waals surface area contributed by atoms with Gasteiger partial charge in [-0.25, -0.2) is 9.48 Å². The first-order valence-electron chi connectivity index (χ1n) is 10.9. The average molecular weight is 473 g/mol. The first-order chi connectivity index (χ1) is 16.9. The van der Waals surface area contributed by atoms with Gasteiger partial charge in [0, 0.05) is 11.6 Å². The molecular weight excluding hydrogens is 448 g/mol. The molecule has 2 amide bonds. The number of aromatic nitrogens is 2. The van der Waals surface area contributed by atoms with E-state index in [9.17, 15) is 14.4 Å². The van der Waals surface area contributed by atoms with E-state index in [2.05, 4.69) is 15.7 Å². The third-order valence-electron chi connectivity index (χ3n) is 5.12. The smallest absolute Gasteiger partial charge is 0.328 e. The minimum atomic E-state index is -0.969. The van der Waals surface area contributed by atoms with Crippen LogP contribution in [0.2, 0.25) is 0 Å². The molecule has 0 fully saturated rings. The van der Waals surface area contributed by atoms with E-state index in [1.165, 1.54) is 19.3 Å². The summed E-state index contributed by atoms with van der Waals surface area (Å²) in [6.07, 6.45) is 1.35. The highest BCUT2D eigenvalue weighted by atomic mass is 16.5. The van der Waals surface area contributed by atoms with Crippen molar-refractivity contribution < 1.29 is 23.5 Å². The fraction of sp³-hybridized carbons (Fsp3) is 0.154. The zero-order valence-corrected chi connectivity index (χ0v) is 19.2. The summed E-state index contributed by atoms with van der Waals surface area (Å²) in [4.78, 5) is 36.8. The highest BCUT2D eigenvalue weighted by Gasteiger charge is 2.21. The maximum atomic E-state index is 12.6. The molecule has 2 aromatic heterocycles. The van der Waals surface area contributed by atoms with Gasteiger partial charge in [-0.05, 0) is 38.1 Å². The summed E-state index contributed by atoms with van der Waals surface area (Å²) in [5, 5.41) is 9.86. The molecular formula is C26H24N4O5. The number of esters is 1. The van der Waals surface area contributed by atoms with Crippen molar-refractivity contribution in [3.8, 4) is 16.9 Å². The van der Waals surface area contributed by atoms with Crippen molar-refractivity contribution in [3.05, 3.63) is 90.4 Å². The van der Waals surface area contributed by atoms with Crippen LogP contribution in [0.25, 0.3) is 16.9 Å². The molecule has 0 bridgehead atoms. The number of hydrogen-bond acceptors (Lipinski definition) is 6. The van der Waals surface area contributed by atoms with Crippen molar-refractivity contribution in [3.63, 3.8) is 0 Å². The molecule has 4 rings (SSSR count). The Bertz CT molecular complexity index is 1310. The van der Waals surface area contributed by atoms with Crippen molar-refractivity contribution >= 4 is 23.6 Å². The van der Waals surface area contributed by atoms with Crippen LogP contribution in [-0.4, -0.2) is 40.2 Å². The van der Waals surface area contributed by atoms with Crippen LogP contribution in [0.5, 0.6) is 0 Å². The molecule has 0 radical (unpaired) electrons. The number of benzene rings is 2. The number of carbonyl (C=O) groups is 3. The number of amides is 2. The summed E-state index contributed by atoms with van der Waals surface area (Å²) < 4.78 is 11.7. The molecule has 2 aromatic carbocycles. The molecule has 0 saturated heterocycles. The first-order valence-corrected chi connectivity index (χ1v) is 10.9. The molecule has 0 aliphatic carbocycles. The predicted molar refractivity (Wildman–Crippen MR) is 129 cm³/mol. The van der Waals surface area contributed by atoms with Gasteiger partial charge in [-0.2, -0.15) is 5.10 Å². The van der Waals surface area contributed by atoms with E-state index in [-0.39, 0.29) is 5.76 Å². The van der Waals surface area contributed by atoms with Gasteiger partial charge < -0.3 is 19.8 Å². The van der Waals surface area contributed by atoms with E-state index in [0.29, 0.717) is 11.5 Å². The number of hydrogen-bond donors (Lipinski definition) is 2. The van der Waals surface area contributed by atoms with Crippen LogP contribution in [-0.2, 0) is 14.3 Å². The molecule has 9 nitrogen and oxygen atoms in total. The molecule has 9 heteroatoms. The summed E-state index contributed by atoms with van der Waals surface area (Å²) >= 11 is 0. The van der Waals surface area contributed by atoms with Crippen molar-refractivity contribution in [2.45, 2.75) is 19.9 Å². The van der Waals surface area contributed by atoms with Gasteiger partial charge in [0.1, 0.15) is 11.9 Å². The van der Waals surface area contributed by atoms with Gasteiger partial charge in [0.25, 0.3) is 11.8 Å². The first kappa shape index (κ1) is 23.5. The normalized spacial score (nSPS) is 11.5. The summed E-state index contributed by atoms with van der Waals surface area (Å²) in [6.45, 7) is 2.93. The molecule has 0 spiro atoms. The molecule has 35 heavy (non-hydrogen) atoms. The molecule has 0 aliphatic heterocycles. The van der Waals surface area contributed by atoms with Gasteiger partial charge in [0.05, 0.1) is 17.6 Å². The largest absolute Gasteiger partial charge is 0.459 e. The van der Waals surface area contributed by atoms with E-state index >= 15 is 0 Å². The number of nitrogens with zero attached hydrogens (tertiary/aromatic N) is 2. The summed E-state index contributed by atoms with van der Waals surface area (Å²) in [7, 11) is 0. The second kappa shape index (κ2) is 10.5. The van der Waals surface area contributed by atoms with Crippen LogP contribution in [0.1, 0.15) is 23.0 Å². The minimum absolute atomic E-state index is 0.0703. The van der Waals surface area contributed by atoms with Crippen molar-refractivity contribution in [2.24, 2.45) is 0 Å². The Balaban J connectivity index is 1.43. The minimum Gasteiger partial charge on any atom is -0.459 e. The number of rotatable bonds is 8. The Labute approximate surface area is 201 Å². The Kier molecular flexibility index (Phi) is 7.06. The number of nitrogens with one attached hydrogen (secondary N) is 2. The monoisotopic (exact) mass is 472 g/mol. The number of ether oxygens (including phenoxy) is 1. The zero-order chi connectivity index (χ0) is 24.8. The van der Waals surface area contributed by atoms with E-state index in [1.807, 2.05) is 61.5 Å². The van der Waals surface area contributed by atoms with Crippen LogP contribution in [0, 0.1) is 6.92 Å². The van der Waals surface area contributed by atoms with E-state index in [4.69, 9.17) is 9.15 Å². The van der Waals surface area contributed by atoms with Crippen molar-refractivity contribution in [1.29, 1.82) is 0 Å². The fourth-order valence-corrected chi connectivity index (χ4v) is 3.28. The lowest BCUT2D eigenvalue weighted by Crippen LogP contribution is -2.40. The maximum Gasteiger partial charge on any atom is 0.328 e. The number of aryl methyl sites for hydroxylation is 1. The van der Waals surface area contributed by atoms with Gasteiger partial charge in [-0.3, -0.25) is 9.59 Å². The number of carbonyl (C=O) groups excluding carboxylic acids is 3. The molecule has 4 aromatic rings. The zero-order valence-electron chi connectivity index (χ0n) is 19.2. The number of anilines is 1. The SMILES string of the molecule is Cc1ccc(-c2cc(NC(=O)COC(=O)C(C)NC(=O)c3ccco3)n(-c3ccccc3)n2)cc1. The van der Waals surface area contributed by atoms with Gasteiger partial charge in [-0.15, -0.1) is 0 Å². The Morgan fingerprint density at radius 3 is 2.46 bits per heavy atom. The predicted octanol–water partition coefficient (Wildman–Crippen LogP) is 3.74. The second-order valence-corrected chi connectivity index (χ2v) is 7.86. The average Bonchev–Trinajstić information content (AvgIpc) is 3.54. The van der Waals surface area contributed by atoms with Gasteiger partial charge in [0.15, 0.2) is 12.4 Å². The standard InChI is InChI=1S/C26H24N4O5/c1-17-10-12-19(13-11-17)21-15-23(30(29-21)20-7-4-3-5-8-20)28-24(31)16-35-26(33)18(2)27-25(32)22-9-6-14-34-22/h3-15,18H,16H2,1-2H3,(H,27,32)(H,28,31). The van der Waals surface area contributed by atoms with Crippen LogP contribution in [0.3, 0.4) is 0 Å². The topological polar surface area (TPSA) is 115 Å². The summed E-state index contributed by atoms with van der Waals surface area (Å²) in [5.41, 5.74) is 3.46. The maximum absolute atomic E-state index is 12.6. The summed E-state index contributed by atoms with van der Waals surface area (Å²) in [5.74, 6) is -1.36. The lowest BCUT2D eigenvalue weighted by atomic mass is 10.1. The lowest BCUT2D eigenvalue weighted by molar-refractivity contribution is -0.148.